The van der Waals surface area contributed by atoms with Crippen LogP contribution in [0.15, 0.2) is 12.4 Å². The van der Waals surface area contributed by atoms with Crippen molar-refractivity contribution in [3.63, 3.8) is 0 Å². The van der Waals surface area contributed by atoms with Crippen molar-refractivity contribution in [3.8, 4) is 0 Å². The molecule has 0 amide bonds. The van der Waals surface area contributed by atoms with Crippen LogP contribution in [0.2, 0.25) is 0 Å². The molecule has 1 aromatic heterocycles. The van der Waals surface area contributed by atoms with Crippen molar-refractivity contribution >= 4 is 0 Å². The maximum Gasteiger partial charge on any atom is 0.125 e. The molecular weight excluding hydrogens is 258 g/mol. The number of hydrogen-bond donors (Lipinski definition) is 1. The van der Waals surface area contributed by atoms with E-state index >= 15 is 0 Å². The highest BCUT2D eigenvalue weighted by Crippen LogP contribution is 2.59. The van der Waals surface area contributed by atoms with Gasteiger partial charge in [0.25, 0.3) is 0 Å². The Morgan fingerprint density at radius 2 is 1.86 bits per heavy atom. The molecule has 1 unspecified atom stereocenters. The minimum Gasteiger partial charge on any atom is -0.337 e. The number of aromatic nitrogens is 2. The summed E-state index contributed by atoms with van der Waals surface area (Å²) in [5, 5.41) is 3.86. The van der Waals surface area contributed by atoms with Crippen molar-refractivity contribution in [3.05, 3.63) is 18.2 Å². The number of hydrogen-bond acceptors (Lipinski definition) is 2. The first-order valence-electron chi connectivity index (χ1n) is 8.96. The van der Waals surface area contributed by atoms with Crippen molar-refractivity contribution in [2.24, 2.45) is 36.6 Å². The summed E-state index contributed by atoms with van der Waals surface area (Å²) in [6.07, 6.45) is 12.8. The summed E-state index contributed by atoms with van der Waals surface area (Å²) in [4.78, 5) is 4.70. The third-order valence-electron chi connectivity index (χ3n) is 6.44. The van der Waals surface area contributed by atoms with Crippen LogP contribution in [-0.2, 0) is 7.05 Å². The second-order valence-corrected chi connectivity index (χ2v) is 7.84. The number of aryl methyl sites for hydroxylation is 1. The topological polar surface area (TPSA) is 29.9 Å². The summed E-state index contributed by atoms with van der Waals surface area (Å²) in [5.74, 6) is 6.10. The first-order valence-corrected chi connectivity index (χ1v) is 8.96. The Bertz CT molecular complexity index is 464. The lowest BCUT2D eigenvalue weighted by Gasteiger charge is -2.56. The fourth-order valence-electron chi connectivity index (χ4n) is 5.89. The average Bonchev–Trinajstić information content (AvgIpc) is 2.87. The van der Waals surface area contributed by atoms with E-state index < -0.39 is 0 Å². The molecular formula is C18H29N3. The predicted molar refractivity (Wildman–Crippen MR) is 84.8 cm³/mol. The average molecular weight is 287 g/mol. The second kappa shape index (κ2) is 5.42. The van der Waals surface area contributed by atoms with Crippen molar-refractivity contribution in [2.45, 2.75) is 51.5 Å². The molecule has 4 aliphatic carbocycles. The van der Waals surface area contributed by atoms with E-state index in [0.717, 1.165) is 36.1 Å². The van der Waals surface area contributed by atoms with E-state index in [-0.39, 0.29) is 0 Å². The minimum atomic E-state index is 0.472. The molecule has 1 aromatic rings. The van der Waals surface area contributed by atoms with E-state index in [1.165, 1.54) is 44.3 Å². The highest BCUT2D eigenvalue weighted by Gasteiger charge is 2.51. The Balaban J connectivity index is 1.62. The van der Waals surface area contributed by atoms with Gasteiger partial charge in [0.1, 0.15) is 5.82 Å². The summed E-state index contributed by atoms with van der Waals surface area (Å²) in [7, 11) is 2.15. The Kier molecular flexibility index (Phi) is 3.56. The summed E-state index contributed by atoms with van der Waals surface area (Å²) in [5.41, 5.74) is 0. The van der Waals surface area contributed by atoms with E-state index in [0.29, 0.717) is 6.04 Å². The zero-order valence-corrected chi connectivity index (χ0v) is 13.5. The van der Waals surface area contributed by atoms with Crippen LogP contribution < -0.4 is 5.32 Å². The standard InChI is InChI=1S/C18H29N3/c1-3-4-19-17(18-20-5-6-21(18)2)16-14-8-12-7-13(10-14)11-15(16)9-12/h5-6,12-17,19H,3-4,7-11H2,1-2H3. The summed E-state index contributed by atoms with van der Waals surface area (Å²) >= 11 is 0. The van der Waals surface area contributed by atoms with Gasteiger partial charge in [-0.2, -0.15) is 0 Å². The predicted octanol–water partition coefficient (Wildman–Crippen LogP) is 3.53. The van der Waals surface area contributed by atoms with Gasteiger partial charge in [-0.1, -0.05) is 6.92 Å². The van der Waals surface area contributed by atoms with Crippen LogP contribution >= 0.6 is 0 Å². The van der Waals surface area contributed by atoms with Crippen LogP contribution in [0.3, 0.4) is 0 Å². The zero-order valence-electron chi connectivity index (χ0n) is 13.5. The molecule has 0 radical (unpaired) electrons. The normalized spacial score (nSPS) is 38.9. The lowest BCUT2D eigenvalue weighted by molar-refractivity contribution is -0.0540. The van der Waals surface area contributed by atoms with Crippen molar-refractivity contribution < 1.29 is 0 Å². The van der Waals surface area contributed by atoms with E-state index in [2.05, 4.69) is 30.1 Å². The molecule has 0 aliphatic heterocycles. The van der Waals surface area contributed by atoms with Crippen molar-refractivity contribution in [1.29, 1.82) is 0 Å². The molecule has 5 rings (SSSR count). The Hall–Kier alpha value is -0.830. The van der Waals surface area contributed by atoms with Crippen molar-refractivity contribution in [2.75, 3.05) is 6.54 Å². The van der Waals surface area contributed by atoms with E-state index in [9.17, 15) is 0 Å². The van der Waals surface area contributed by atoms with E-state index in [1.54, 1.807) is 0 Å². The molecule has 4 saturated carbocycles. The fourth-order valence-corrected chi connectivity index (χ4v) is 5.89. The quantitative estimate of drug-likeness (QED) is 0.898. The highest BCUT2D eigenvalue weighted by atomic mass is 15.1. The number of imidazole rings is 1. The second-order valence-electron chi connectivity index (χ2n) is 7.84. The maximum atomic E-state index is 4.70. The fraction of sp³-hybridized carbons (Fsp3) is 0.833. The maximum absolute atomic E-state index is 4.70. The van der Waals surface area contributed by atoms with Gasteiger partial charge >= 0.3 is 0 Å². The summed E-state index contributed by atoms with van der Waals surface area (Å²) in [6.45, 7) is 3.37. The first-order chi connectivity index (χ1) is 10.3. The van der Waals surface area contributed by atoms with Crippen LogP contribution in [-0.4, -0.2) is 16.1 Å². The zero-order chi connectivity index (χ0) is 14.4. The highest BCUT2D eigenvalue weighted by molar-refractivity contribution is 5.08. The molecule has 1 heterocycles. The molecule has 1 atom stereocenters. The van der Waals surface area contributed by atoms with E-state index in [4.69, 9.17) is 4.98 Å². The Morgan fingerprint density at radius 3 is 2.38 bits per heavy atom. The van der Waals surface area contributed by atoms with Gasteiger partial charge in [0.2, 0.25) is 0 Å². The number of rotatable bonds is 5. The molecule has 0 saturated heterocycles. The molecule has 4 fully saturated rings. The van der Waals surface area contributed by atoms with Gasteiger partial charge in [-0.3, -0.25) is 0 Å². The molecule has 21 heavy (non-hydrogen) atoms. The van der Waals surface area contributed by atoms with Gasteiger partial charge in [-0.05, 0) is 74.7 Å². The van der Waals surface area contributed by atoms with Crippen molar-refractivity contribution in [1.82, 2.24) is 14.9 Å². The lowest BCUT2D eigenvalue weighted by atomic mass is 9.50. The van der Waals surface area contributed by atoms with Crippen LogP contribution in [0.4, 0.5) is 0 Å². The van der Waals surface area contributed by atoms with Gasteiger partial charge in [0, 0.05) is 19.4 Å². The van der Waals surface area contributed by atoms with Crippen LogP contribution in [0.25, 0.3) is 0 Å². The molecule has 3 nitrogen and oxygen atoms in total. The number of nitrogens with zero attached hydrogens (tertiary/aromatic N) is 2. The van der Waals surface area contributed by atoms with Gasteiger partial charge in [0.05, 0.1) is 6.04 Å². The largest absolute Gasteiger partial charge is 0.337 e. The van der Waals surface area contributed by atoms with Gasteiger partial charge in [-0.15, -0.1) is 0 Å². The summed E-state index contributed by atoms with van der Waals surface area (Å²) < 4.78 is 2.23. The van der Waals surface area contributed by atoms with Gasteiger partial charge in [0.15, 0.2) is 0 Å². The third kappa shape index (κ3) is 2.34. The van der Waals surface area contributed by atoms with Gasteiger partial charge < -0.3 is 9.88 Å². The Morgan fingerprint density at radius 1 is 1.19 bits per heavy atom. The molecule has 0 aromatic carbocycles. The Labute approximate surface area is 128 Å². The third-order valence-corrected chi connectivity index (χ3v) is 6.44. The molecule has 4 bridgehead atoms. The molecule has 3 heteroatoms. The first kappa shape index (κ1) is 13.8. The molecule has 116 valence electrons. The van der Waals surface area contributed by atoms with Crippen LogP contribution in [0, 0.1) is 29.6 Å². The SMILES string of the molecule is CCCNC(c1nccn1C)C1C2CC3CC(C2)CC1C3. The molecule has 0 spiro atoms. The minimum absolute atomic E-state index is 0.472. The molecule has 1 N–H and O–H groups in total. The lowest BCUT2D eigenvalue weighted by Crippen LogP contribution is -2.50. The van der Waals surface area contributed by atoms with E-state index in [1.807, 2.05) is 6.20 Å². The monoisotopic (exact) mass is 287 g/mol. The van der Waals surface area contributed by atoms with Crippen LogP contribution in [0.1, 0.15) is 57.3 Å². The van der Waals surface area contributed by atoms with Crippen LogP contribution in [0.5, 0.6) is 0 Å². The summed E-state index contributed by atoms with van der Waals surface area (Å²) in [6, 6.07) is 0.472. The molecule has 4 aliphatic rings. The number of nitrogens with one attached hydrogen (secondary N) is 1. The van der Waals surface area contributed by atoms with Gasteiger partial charge in [-0.25, -0.2) is 4.98 Å². The smallest absolute Gasteiger partial charge is 0.125 e.